The third-order valence-electron chi connectivity index (χ3n) is 5.12. The number of H-pyrrole nitrogens is 1. The Hall–Kier alpha value is -3.20. The highest BCUT2D eigenvalue weighted by Gasteiger charge is 2.32. The van der Waals surface area contributed by atoms with Crippen molar-refractivity contribution >= 4 is 28.2 Å². The van der Waals surface area contributed by atoms with Crippen LogP contribution in [0.2, 0.25) is 0 Å². The van der Waals surface area contributed by atoms with Crippen molar-refractivity contribution in [3.8, 4) is 0 Å². The maximum Gasteiger partial charge on any atom is 0.263 e. The van der Waals surface area contributed by atoms with Crippen LogP contribution in [0.4, 0.5) is 13.9 Å². The molecular formula is C22H19F2N3O3S. The van der Waals surface area contributed by atoms with E-state index in [1.165, 1.54) is 24.4 Å². The molecule has 2 heterocycles. The summed E-state index contributed by atoms with van der Waals surface area (Å²) in [6.45, 7) is 3.90. The number of carbonyl (C=O) groups excluding carboxylic acids is 2. The molecule has 0 aliphatic heterocycles. The summed E-state index contributed by atoms with van der Waals surface area (Å²) in [5.74, 6) is -2.12. The van der Waals surface area contributed by atoms with Gasteiger partial charge in [-0.2, -0.15) is 0 Å². The van der Waals surface area contributed by atoms with Crippen LogP contribution in [-0.2, 0) is 12.8 Å². The maximum atomic E-state index is 13.8. The first-order chi connectivity index (χ1) is 14.6. The van der Waals surface area contributed by atoms with Crippen LogP contribution in [0.25, 0.3) is 0 Å². The summed E-state index contributed by atoms with van der Waals surface area (Å²) < 4.78 is 26.9. The maximum absolute atomic E-state index is 13.8. The molecule has 0 spiro atoms. The zero-order valence-corrected chi connectivity index (χ0v) is 17.7. The predicted octanol–water partition coefficient (Wildman–Crippen LogP) is 4.11. The molecule has 31 heavy (non-hydrogen) atoms. The van der Waals surface area contributed by atoms with Gasteiger partial charge in [0, 0.05) is 41.2 Å². The zero-order chi connectivity index (χ0) is 22.3. The number of hydrogen-bond donors (Lipinski definition) is 2. The fourth-order valence-electron chi connectivity index (χ4n) is 3.66. The molecule has 4 rings (SSSR count). The van der Waals surface area contributed by atoms with Crippen LogP contribution in [0.1, 0.15) is 57.1 Å². The summed E-state index contributed by atoms with van der Waals surface area (Å²) >= 11 is 1.12. The van der Waals surface area contributed by atoms with Gasteiger partial charge in [-0.05, 0) is 29.5 Å². The Labute approximate surface area is 180 Å². The number of carbonyl (C=O) groups is 2. The second-order valence-electron chi connectivity index (χ2n) is 8.34. The summed E-state index contributed by atoms with van der Waals surface area (Å²) in [6.07, 6.45) is 2.54. The SMILES string of the molecule is CC1(C)CC(=O)c2cc(C(=O)Nc3ncc(Cc4ccc(F)cc4F)s3)c(=O)[nH]c2C1. The minimum atomic E-state index is -0.685. The average molecular weight is 443 g/mol. The number of amides is 1. The molecule has 0 saturated heterocycles. The number of benzene rings is 1. The fraction of sp³-hybridized carbons (Fsp3) is 0.273. The van der Waals surface area contributed by atoms with Gasteiger partial charge in [0.1, 0.15) is 17.2 Å². The predicted molar refractivity (Wildman–Crippen MR) is 113 cm³/mol. The van der Waals surface area contributed by atoms with E-state index in [1.807, 2.05) is 13.8 Å². The third kappa shape index (κ3) is 4.46. The lowest BCUT2D eigenvalue weighted by Crippen LogP contribution is -2.32. The Morgan fingerprint density at radius 1 is 1.23 bits per heavy atom. The molecule has 0 fully saturated rings. The first kappa shape index (κ1) is 21.0. The van der Waals surface area contributed by atoms with E-state index in [4.69, 9.17) is 0 Å². The Bertz CT molecular complexity index is 1260. The molecule has 1 amide bonds. The molecule has 1 aromatic carbocycles. The summed E-state index contributed by atoms with van der Waals surface area (Å²) in [6, 6.07) is 4.67. The number of fused-ring (bicyclic) bond motifs is 1. The molecule has 0 radical (unpaired) electrons. The van der Waals surface area contributed by atoms with Crippen molar-refractivity contribution in [2.45, 2.75) is 33.1 Å². The van der Waals surface area contributed by atoms with Crippen LogP contribution in [0.15, 0.2) is 35.3 Å². The molecule has 6 nitrogen and oxygen atoms in total. The number of aromatic amines is 1. The number of anilines is 1. The van der Waals surface area contributed by atoms with Crippen LogP contribution >= 0.6 is 11.3 Å². The zero-order valence-electron chi connectivity index (χ0n) is 16.8. The molecular weight excluding hydrogens is 424 g/mol. The van der Waals surface area contributed by atoms with Gasteiger partial charge in [0.2, 0.25) is 0 Å². The lowest BCUT2D eigenvalue weighted by molar-refractivity contribution is 0.0910. The summed E-state index contributed by atoms with van der Waals surface area (Å²) in [4.78, 5) is 44.9. The molecule has 160 valence electrons. The fourth-order valence-corrected chi connectivity index (χ4v) is 4.49. The van der Waals surface area contributed by atoms with E-state index in [-0.39, 0.29) is 28.3 Å². The van der Waals surface area contributed by atoms with E-state index in [0.717, 1.165) is 17.4 Å². The number of ketones is 1. The van der Waals surface area contributed by atoms with Crippen LogP contribution < -0.4 is 10.9 Å². The van der Waals surface area contributed by atoms with Crippen molar-refractivity contribution in [1.29, 1.82) is 0 Å². The lowest BCUT2D eigenvalue weighted by atomic mass is 9.75. The smallest absolute Gasteiger partial charge is 0.263 e. The third-order valence-corrected chi connectivity index (χ3v) is 6.03. The van der Waals surface area contributed by atoms with Gasteiger partial charge in [-0.15, -0.1) is 11.3 Å². The van der Waals surface area contributed by atoms with E-state index < -0.39 is 23.1 Å². The number of pyridine rings is 1. The van der Waals surface area contributed by atoms with Crippen molar-refractivity contribution in [3.63, 3.8) is 0 Å². The first-order valence-electron chi connectivity index (χ1n) is 9.61. The molecule has 0 saturated carbocycles. The summed E-state index contributed by atoms with van der Waals surface area (Å²) in [5.41, 5.74) is 0.199. The van der Waals surface area contributed by atoms with Crippen molar-refractivity contribution < 1.29 is 18.4 Å². The van der Waals surface area contributed by atoms with Gasteiger partial charge in [0.05, 0.1) is 0 Å². The summed E-state index contributed by atoms with van der Waals surface area (Å²) in [5, 5.41) is 2.78. The number of thiazole rings is 1. The highest BCUT2D eigenvalue weighted by Crippen LogP contribution is 2.33. The number of nitrogens with zero attached hydrogens (tertiary/aromatic N) is 1. The largest absolute Gasteiger partial charge is 0.325 e. The number of halogens is 2. The highest BCUT2D eigenvalue weighted by molar-refractivity contribution is 7.15. The monoisotopic (exact) mass is 443 g/mol. The second-order valence-corrected chi connectivity index (χ2v) is 9.46. The van der Waals surface area contributed by atoms with Crippen LogP contribution in [0, 0.1) is 17.0 Å². The Balaban J connectivity index is 1.52. The molecule has 2 N–H and O–H groups in total. The van der Waals surface area contributed by atoms with Gasteiger partial charge in [0.25, 0.3) is 11.5 Å². The highest BCUT2D eigenvalue weighted by atomic mass is 32.1. The van der Waals surface area contributed by atoms with Crippen molar-refractivity contribution in [3.05, 3.63) is 79.7 Å². The number of nitrogens with one attached hydrogen (secondary N) is 2. The van der Waals surface area contributed by atoms with Crippen LogP contribution in [0.5, 0.6) is 0 Å². The van der Waals surface area contributed by atoms with E-state index >= 15 is 0 Å². The number of hydrogen-bond acceptors (Lipinski definition) is 5. The number of rotatable bonds is 4. The normalized spacial score (nSPS) is 14.9. The molecule has 1 aliphatic carbocycles. The standard InChI is InChI=1S/C22H19F2N3O3S/c1-22(2)8-17-14(18(28)9-22)7-15(19(29)26-17)20(30)27-21-25-10-13(31-21)5-11-3-4-12(23)6-16(11)24/h3-4,6-7,10H,5,8-9H2,1-2H3,(H,26,29)(H,25,27,30). The van der Waals surface area contributed by atoms with Crippen LogP contribution in [0.3, 0.4) is 0 Å². The molecule has 0 atom stereocenters. The minimum Gasteiger partial charge on any atom is -0.325 e. The topological polar surface area (TPSA) is 91.9 Å². The van der Waals surface area contributed by atoms with E-state index in [2.05, 4.69) is 15.3 Å². The van der Waals surface area contributed by atoms with Crippen molar-refractivity contribution in [2.75, 3.05) is 5.32 Å². The van der Waals surface area contributed by atoms with Gasteiger partial charge < -0.3 is 4.98 Å². The summed E-state index contributed by atoms with van der Waals surface area (Å²) in [7, 11) is 0. The molecule has 1 aliphatic rings. The van der Waals surface area contributed by atoms with Gasteiger partial charge in [-0.1, -0.05) is 19.9 Å². The number of Topliss-reactive ketones (excluding diaryl/α,β-unsaturated/α-hetero) is 1. The van der Waals surface area contributed by atoms with Gasteiger partial charge >= 0.3 is 0 Å². The molecule has 3 aromatic rings. The van der Waals surface area contributed by atoms with E-state index in [9.17, 15) is 23.2 Å². The Morgan fingerprint density at radius 2 is 2.00 bits per heavy atom. The van der Waals surface area contributed by atoms with Crippen LogP contribution in [-0.4, -0.2) is 21.7 Å². The molecule has 0 unspecified atom stereocenters. The second kappa shape index (κ2) is 7.81. The Kier molecular flexibility index (Phi) is 5.30. The molecule has 9 heteroatoms. The van der Waals surface area contributed by atoms with Crippen molar-refractivity contribution in [2.24, 2.45) is 5.41 Å². The quantitative estimate of drug-likeness (QED) is 0.635. The molecule has 2 aromatic heterocycles. The van der Waals surface area contributed by atoms with Gasteiger partial charge in [-0.25, -0.2) is 13.8 Å². The molecule has 0 bridgehead atoms. The Morgan fingerprint density at radius 3 is 2.74 bits per heavy atom. The first-order valence-corrected chi connectivity index (χ1v) is 10.4. The minimum absolute atomic E-state index is 0.116. The lowest BCUT2D eigenvalue weighted by Gasteiger charge is -2.29. The average Bonchev–Trinajstić information content (AvgIpc) is 3.09. The van der Waals surface area contributed by atoms with Gasteiger partial charge in [-0.3, -0.25) is 19.7 Å². The van der Waals surface area contributed by atoms with E-state index in [0.29, 0.717) is 34.5 Å². The van der Waals surface area contributed by atoms with Gasteiger partial charge in [0.15, 0.2) is 10.9 Å². The van der Waals surface area contributed by atoms with Crippen molar-refractivity contribution in [1.82, 2.24) is 9.97 Å². The van der Waals surface area contributed by atoms with E-state index in [1.54, 1.807) is 0 Å². The number of aromatic nitrogens is 2.